The Morgan fingerprint density at radius 1 is 1.17 bits per heavy atom. The number of nitrogens with two attached hydrogens (primary N) is 1. The SMILES string of the molecule is NS(=O)c1c(F)cccc1NS(=O)(=O)/C=C/c1ccc(Cl)c(Cl)c1. The number of sulfonamides is 1. The molecule has 2 aromatic carbocycles. The van der Waals surface area contributed by atoms with Gasteiger partial charge in [-0.3, -0.25) is 4.72 Å². The summed E-state index contributed by atoms with van der Waals surface area (Å²) in [5, 5.41) is 6.65. The fourth-order valence-electron chi connectivity index (χ4n) is 1.77. The Hall–Kier alpha value is -1.45. The van der Waals surface area contributed by atoms with Crippen LogP contribution in [0.15, 0.2) is 46.7 Å². The second kappa shape index (κ2) is 7.62. The van der Waals surface area contributed by atoms with Crippen LogP contribution < -0.4 is 9.86 Å². The van der Waals surface area contributed by atoms with E-state index in [1.165, 1.54) is 30.3 Å². The van der Waals surface area contributed by atoms with Crippen molar-refractivity contribution in [3.8, 4) is 0 Å². The molecule has 0 aromatic heterocycles. The van der Waals surface area contributed by atoms with Crippen molar-refractivity contribution in [2.45, 2.75) is 4.90 Å². The quantitative estimate of drug-likeness (QED) is 0.792. The summed E-state index contributed by atoms with van der Waals surface area (Å²) >= 11 is 11.6. The van der Waals surface area contributed by atoms with Gasteiger partial charge in [0.1, 0.15) is 21.7 Å². The van der Waals surface area contributed by atoms with Gasteiger partial charge in [-0.2, -0.15) is 0 Å². The van der Waals surface area contributed by atoms with Gasteiger partial charge in [0.05, 0.1) is 21.1 Å². The Bertz CT molecular complexity index is 934. The van der Waals surface area contributed by atoms with Gasteiger partial charge in [0.15, 0.2) is 0 Å². The van der Waals surface area contributed by atoms with E-state index in [-0.39, 0.29) is 10.7 Å². The zero-order valence-corrected chi connectivity index (χ0v) is 15.0. The van der Waals surface area contributed by atoms with E-state index < -0.39 is 31.7 Å². The molecule has 1 unspecified atom stereocenters. The Labute approximate surface area is 150 Å². The van der Waals surface area contributed by atoms with E-state index in [9.17, 15) is 17.0 Å². The van der Waals surface area contributed by atoms with Crippen molar-refractivity contribution >= 4 is 56.0 Å². The highest BCUT2D eigenvalue weighted by molar-refractivity contribution is 7.95. The molecule has 5 nitrogen and oxygen atoms in total. The lowest BCUT2D eigenvalue weighted by Crippen LogP contribution is -2.14. The van der Waals surface area contributed by atoms with Gasteiger partial charge >= 0.3 is 0 Å². The second-order valence-corrected chi connectivity index (χ2v) is 7.92. The Balaban J connectivity index is 2.29. The smallest absolute Gasteiger partial charge is 0.255 e. The van der Waals surface area contributed by atoms with Gasteiger partial charge in [-0.05, 0) is 35.9 Å². The van der Waals surface area contributed by atoms with Crippen LogP contribution in [0.25, 0.3) is 6.08 Å². The molecule has 2 aromatic rings. The first-order valence-electron chi connectivity index (χ1n) is 6.30. The van der Waals surface area contributed by atoms with Crippen molar-refractivity contribution in [2.24, 2.45) is 5.14 Å². The van der Waals surface area contributed by atoms with E-state index in [2.05, 4.69) is 4.72 Å². The summed E-state index contributed by atoms with van der Waals surface area (Å²) < 4.78 is 51.3. The lowest BCUT2D eigenvalue weighted by molar-refractivity contribution is 0.596. The molecule has 0 heterocycles. The maximum absolute atomic E-state index is 13.7. The Morgan fingerprint density at radius 3 is 2.50 bits per heavy atom. The third-order valence-corrected chi connectivity index (χ3v) is 5.36. The van der Waals surface area contributed by atoms with E-state index in [0.717, 1.165) is 11.5 Å². The maximum atomic E-state index is 13.7. The van der Waals surface area contributed by atoms with Crippen LogP contribution in [0.4, 0.5) is 10.1 Å². The van der Waals surface area contributed by atoms with E-state index in [1.54, 1.807) is 6.07 Å². The van der Waals surface area contributed by atoms with Gasteiger partial charge in [-0.25, -0.2) is 22.2 Å². The van der Waals surface area contributed by atoms with Crippen LogP contribution in [0, 0.1) is 5.82 Å². The summed E-state index contributed by atoms with van der Waals surface area (Å²) in [5.41, 5.74) is 0.297. The van der Waals surface area contributed by atoms with Crippen molar-refractivity contribution in [1.29, 1.82) is 0 Å². The van der Waals surface area contributed by atoms with Crippen LogP contribution in [-0.2, 0) is 21.0 Å². The number of hydrogen-bond acceptors (Lipinski definition) is 3. The first kappa shape index (κ1) is 18.9. The molecule has 0 radical (unpaired) electrons. The summed E-state index contributed by atoms with van der Waals surface area (Å²) in [7, 11) is -6.18. The highest BCUT2D eigenvalue weighted by Crippen LogP contribution is 2.24. The largest absolute Gasteiger partial charge is 0.279 e. The zero-order valence-electron chi connectivity index (χ0n) is 11.9. The topological polar surface area (TPSA) is 89.3 Å². The monoisotopic (exact) mass is 408 g/mol. The average molecular weight is 409 g/mol. The predicted octanol–water partition coefficient (Wildman–Crippen LogP) is 3.53. The molecular formula is C14H11Cl2FN2O3S2. The van der Waals surface area contributed by atoms with Crippen molar-refractivity contribution in [2.75, 3.05) is 4.72 Å². The zero-order chi connectivity index (χ0) is 17.9. The first-order valence-corrected chi connectivity index (χ1v) is 9.82. The van der Waals surface area contributed by atoms with Crippen LogP contribution >= 0.6 is 23.2 Å². The molecule has 0 bridgehead atoms. The summed E-state index contributed by atoms with van der Waals surface area (Å²) in [4.78, 5) is -0.427. The van der Waals surface area contributed by atoms with Gasteiger partial charge in [0.2, 0.25) is 0 Å². The lowest BCUT2D eigenvalue weighted by atomic mass is 10.2. The Morgan fingerprint density at radius 2 is 1.88 bits per heavy atom. The molecule has 0 spiro atoms. The third kappa shape index (κ3) is 4.78. The molecule has 0 aliphatic heterocycles. The van der Waals surface area contributed by atoms with Crippen molar-refractivity contribution in [3.63, 3.8) is 0 Å². The standard InChI is InChI=1S/C14H11Cl2FN2O3S2/c15-10-5-4-9(8-11(10)16)6-7-24(21,22)19-13-3-1-2-12(17)14(13)23(18)20/h1-8,19H,18H2/b7-6+. The number of hydrogen-bond donors (Lipinski definition) is 2. The van der Waals surface area contributed by atoms with Gasteiger partial charge < -0.3 is 0 Å². The number of rotatable bonds is 5. The number of nitrogens with one attached hydrogen (secondary N) is 1. The van der Waals surface area contributed by atoms with E-state index in [0.29, 0.717) is 10.6 Å². The second-order valence-electron chi connectivity index (χ2n) is 4.54. The molecule has 0 saturated heterocycles. The van der Waals surface area contributed by atoms with Crippen LogP contribution in [0.1, 0.15) is 5.56 Å². The minimum Gasteiger partial charge on any atom is -0.279 e. The fourth-order valence-corrected chi connectivity index (χ4v) is 3.61. The molecule has 0 aliphatic carbocycles. The van der Waals surface area contributed by atoms with E-state index in [4.69, 9.17) is 28.3 Å². The molecule has 24 heavy (non-hydrogen) atoms. The summed E-state index contributed by atoms with van der Waals surface area (Å²) in [5.74, 6) is -0.871. The molecule has 128 valence electrons. The molecular weight excluding hydrogens is 398 g/mol. The van der Waals surface area contributed by atoms with Crippen molar-refractivity contribution in [1.82, 2.24) is 0 Å². The van der Waals surface area contributed by atoms with Gasteiger partial charge in [0, 0.05) is 0 Å². The number of anilines is 1. The summed E-state index contributed by atoms with van der Waals surface area (Å²) in [6.45, 7) is 0. The van der Waals surface area contributed by atoms with Crippen LogP contribution in [0.2, 0.25) is 10.0 Å². The molecule has 0 fully saturated rings. The number of halogens is 3. The van der Waals surface area contributed by atoms with E-state index in [1.807, 2.05) is 0 Å². The Kier molecular flexibility index (Phi) is 6.00. The minimum atomic E-state index is -3.99. The molecule has 1 atom stereocenters. The summed E-state index contributed by atoms with van der Waals surface area (Å²) in [6.07, 6.45) is 1.28. The van der Waals surface area contributed by atoms with Gasteiger partial charge in [-0.15, -0.1) is 0 Å². The molecule has 0 aliphatic rings. The van der Waals surface area contributed by atoms with Gasteiger partial charge in [-0.1, -0.05) is 35.3 Å². The predicted molar refractivity (Wildman–Crippen MR) is 95.0 cm³/mol. The molecule has 3 N–H and O–H groups in total. The average Bonchev–Trinajstić information content (AvgIpc) is 2.48. The van der Waals surface area contributed by atoms with E-state index >= 15 is 0 Å². The van der Waals surface area contributed by atoms with Crippen LogP contribution in [0.3, 0.4) is 0 Å². The van der Waals surface area contributed by atoms with Crippen LogP contribution in [0.5, 0.6) is 0 Å². The summed E-state index contributed by atoms with van der Waals surface area (Å²) in [6, 6.07) is 8.14. The number of benzene rings is 2. The molecule has 10 heteroatoms. The maximum Gasteiger partial charge on any atom is 0.255 e. The molecule has 2 rings (SSSR count). The van der Waals surface area contributed by atoms with Crippen molar-refractivity contribution < 1.29 is 17.0 Å². The fraction of sp³-hybridized carbons (Fsp3) is 0. The van der Waals surface area contributed by atoms with Crippen molar-refractivity contribution in [3.05, 3.63) is 63.2 Å². The minimum absolute atomic E-state index is 0.199. The normalized spacial score (nSPS) is 13.2. The highest BCUT2D eigenvalue weighted by atomic mass is 35.5. The van der Waals surface area contributed by atoms with Crippen LogP contribution in [-0.4, -0.2) is 12.6 Å². The molecule has 0 saturated carbocycles. The highest BCUT2D eigenvalue weighted by Gasteiger charge is 2.16. The van der Waals surface area contributed by atoms with Gasteiger partial charge in [0.25, 0.3) is 10.0 Å². The molecule has 0 amide bonds. The third-order valence-electron chi connectivity index (χ3n) is 2.80. The first-order chi connectivity index (χ1) is 11.2. The lowest BCUT2D eigenvalue weighted by Gasteiger charge is -2.09.